The number of hydrogen-bond donors (Lipinski definition) is 2. The minimum atomic E-state index is -0.0963. The Balaban J connectivity index is 2.25. The number of rotatable bonds is 5. The fraction of sp³-hybridized carbons (Fsp3) is 0.917. The Labute approximate surface area is 92.8 Å². The molecule has 3 heteroatoms. The molecule has 1 amide bonds. The molecule has 0 bridgehead atoms. The van der Waals surface area contributed by atoms with Gasteiger partial charge in [-0.15, -0.1) is 0 Å². The summed E-state index contributed by atoms with van der Waals surface area (Å²) in [4.78, 5) is 11.9. The first kappa shape index (κ1) is 12.5. The number of unbranched alkanes of at least 4 members (excludes halogenated alkanes) is 1. The molecule has 0 unspecified atom stereocenters. The highest BCUT2D eigenvalue weighted by Gasteiger charge is 2.33. The molecule has 15 heavy (non-hydrogen) atoms. The highest BCUT2D eigenvalue weighted by atomic mass is 16.2. The molecule has 1 fully saturated rings. The summed E-state index contributed by atoms with van der Waals surface area (Å²) in [6.45, 7) is 3.60. The van der Waals surface area contributed by atoms with Crippen LogP contribution in [0.2, 0.25) is 0 Å². The third-order valence-corrected chi connectivity index (χ3v) is 3.42. The van der Waals surface area contributed by atoms with E-state index < -0.39 is 0 Å². The Hall–Kier alpha value is -0.570. The first-order chi connectivity index (χ1) is 7.19. The molecule has 0 aromatic carbocycles. The maximum atomic E-state index is 11.9. The number of nitrogens with one attached hydrogen (secondary N) is 1. The van der Waals surface area contributed by atoms with E-state index in [1.807, 2.05) is 0 Å². The van der Waals surface area contributed by atoms with E-state index in [2.05, 4.69) is 12.2 Å². The van der Waals surface area contributed by atoms with E-state index in [1.54, 1.807) is 0 Å². The van der Waals surface area contributed by atoms with Gasteiger partial charge in [0.25, 0.3) is 0 Å². The fourth-order valence-corrected chi connectivity index (χ4v) is 2.24. The van der Waals surface area contributed by atoms with Crippen molar-refractivity contribution in [3.63, 3.8) is 0 Å². The van der Waals surface area contributed by atoms with Crippen LogP contribution < -0.4 is 11.1 Å². The van der Waals surface area contributed by atoms with Gasteiger partial charge in [0.2, 0.25) is 5.91 Å². The largest absolute Gasteiger partial charge is 0.356 e. The van der Waals surface area contributed by atoms with Gasteiger partial charge in [-0.05, 0) is 32.2 Å². The second kappa shape index (κ2) is 6.11. The third-order valence-electron chi connectivity index (χ3n) is 3.42. The van der Waals surface area contributed by atoms with Crippen LogP contribution in [0.1, 0.15) is 51.9 Å². The van der Waals surface area contributed by atoms with Crippen molar-refractivity contribution >= 4 is 5.91 Å². The van der Waals surface area contributed by atoms with Crippen LogP contribution in [0.3, 0.4) is 0 Å². The summed E-state index contributed by atoms with van der Waals surface area (Å²) in [7, 11) is 0. The van der Waals surface area contributed by atoms with E-state index in [4.69, 9.17) is 5.73 Å². The molecule has 0 heterocycles. The van der Waals surface area contributed by atoms with Crippen LogP contribution in [0, 0.1) is 5.41 Å². The number of amides is 1. The zero-order valence-electron chi connectivity index (χ0n) is 9.85. The Kier molecular flexibility index (Phi) is 5.09. The van der Waals surface area contributed by atoms with Crippen molar-refractivity contribution < 1.29 is 4.79 Å². The van der Waals surface area contributed by atoms with E-state index in [1.165, 1.54) is 19.3 Å². The van der Waals surface area contributed by atoms with E-state index in [-0.39, 0.29) is 11.3 Å². The van der Waals surface area contributed by atoms with Gasteiger partial charge in [0.15, 0.2) is 0 Å². The number of carbonyl (C=O) groups is 1. The molecule has 0 atom stereocenters. The van der Waals surface area contributed by atoms with E-state index >= 15 is 0 Å². The fourth-order valence-electron chi connectivity index (χ4n) is 2.24. The molecule has 0 spiro atoms. The number of hydrogen-bond acceptors (Lipinski definition) is 2. The van der Waals surface area contributed by atoms with E-state index in [9.17, 15) is 4.79 Å². The average Bonchev–Trinajstić information content (AvgIpc) is 2.25. The van der Waals surface area contributed by atoms with Crippen molar-refractivity contribution in [3.8, 4) is 0 Å². The lowest BCUT2D eigenvalue weighted by Crippen LogP contribution is -2.40. The summed E-state index contributed by atoms with van der Waals surface area (Å²) in [6.07, 6.45) is 7.79. The molecule has 0 saturated heterocycles. The monoisotopic (exact) mass is 212 g/mol. The molecule has 1 rings (SSSR count). The number of nitrogens with two attached hydrogens (primary N) is 1. The van der Waals surface area contributed by atoms with Gasteiger partial charge in [-0.25, -0.2) is 0 Å². The normalized spacial score (nSPS) is 19.9. The SMILES string of the molecule is CC1(C(=O)NCCCCN)CCCCC1. The maximum absolute atomic E-state index is 11.9. The second-order valence-electron chi connectivity index (χ2n) is 4.87. The van der Waals surface area contributed by atoms with Crippen molar-refractivity contribution in [1.82, 2.24) is 5.32 Å². The predicted molar refractivity (Wildman–Crippen MR) is 62.5 cm³/mol. The van der Waals surface area contributed by atoms with Crippen molar-refractivity contribution in [2.75, 3.05) is 13.1 Å². The van der Waals surface area contributed by atoms with Crippen LogP contribution >= 0.6 is 0 Å². The summed E-state index contributed by atoms with van der Waals surface area (Å²) in [6, 6.07) is 0. The summed E-state index contributed by atoms with van der Waals surface area (Å²) in [5, 5.41) is 3.03. The van der Waals surface area contributed by atoms with Gasteiger partial charge in [0, 0.05) is 12.0 Å². The lowest BCUT2D eigenvalue weighted by atomic mass is 9.75. The van der Waals surface area contributed by atoms with Gasteiger partial charge in [0.05, 0.1) is 0 Å². The second-order valence-corrected chi connectivity index (χ2v) is 4.87. The molecule has 0 aromatic heterocycles. The molecular formula is C12H24N2O. The van der Waals surface area contributed by atoms with E-state index in [0.717, 1.165) is 32.2 Å². The van der Waals surface area contributed by atoms with Gasteiger partial charge >= 0.3 is 0 Å². The average molecular weight is 212 g/mol. The summed E-state index contributed by atoms with van der Waals surface area (Å²) in [5.41, 5.74) is 5.31. The van der Waals surface area contributed by atoms with Crippen molar-refractivity contribution in [2.24, 2.45) is 11.1 Å². The molecule has 1 aliphatic carbocycles. The van der Waals surface area contributed by atoms with Crippen LogP contribution in [0.15, 0.2) is 0 Å². The Bertz CT molecular complexity index is 198. The predicted octanol–water partition coefficient (Wildman–Crippen LogP) is 1.81. The molecular weight excluding hydrogens is 188 g/mol. The van der Waals surface area contributed by atoms with Crippen LogP contribution in [-0.2, 0) is 4.79 Å². The zero-order valence-corrected chi connectivity index (χ0v) is 9.85. The van der Waals surface area contributed by atoms with E-state index in [0.29, 0.717) is 6.54 Å². The maximum Gasteiger partial charge on any atom is 0.225 e. The Morgan fingerprint density at radius 3 is 2.53 bits per heavy atom. The zero-order chi connectivity index (χ0) is 11.1. The lowest BCUT2D eigenvalue weighted by Gasteiger charge is -2.32. The highest BCUT2D eigenvalue weighted by Crippen LogP contribution is 2.35. The quantitative estimate of drug-likeness (QED) is 0.683. The van der Waals surface area contributed by atoms with Crippen molar-refractivity contribution in [2.45, 2.75) is 51.9 Å². The molecule has 0 aromatic rings. The number of carbonyl (C=O) groups excluding carboxylic acids is 1. The first-order valence-corrected chi connectivity index (χ1v) is 6.17. The molecule has 3 nitrogen and oxygen atoms in total. The summed E-state index contributed by atoms with van der Waals surface area (Å²) >= 11 is 0. The molecule has 0 radical (unpaired) electrons. The van der Waals surface area contributed by atoms with Gasteiger partial charge in [-0.1, -0.05) is 26.2 Å². The van der Waals surface area contributed by atoms with Crippen molar-refractivity contribution in [3.05, 3.63) is 0 Å². The van der Waals surface area contributed by atoms with Gasteiger partial charge in [-0.2, -0.15) is 0 Å². The van der Waals surface area contributed by atoms with Crippen molar-refractivity contribution in [1.29, 1.82) is 0 Å². The molecule has 1 aliphatic rings. The molecule has 3 N–H and O–H groups in total. The van der Waals surface area contributed by atoms with Crippen LogP contribution in [0.4, 0.5) is 0 Å². The summed E-state index contributed by atoms with van der Waals surface area (Å²) in [5.74, 6) is 0.249. The lowest BCUT2D eigenvalue weighted by molar-refractivity contribution is -0.131. The minimum Gasteiger partial charge on any atom is -0.356 e. The topological polar surface area (TPSA) is 55.1 Å². The molecule has 0 aliphatic heterocycles. The molecule has 1 saturated carbocycles. The minimum absolute atomic E-state index is 0.0963. The summed E-state index contributed by atoms with van der Waals surface area (Å²) < 4.78 is 0. The van der Waals surface area contributed by atoms with Gasteiger partial charge < -0.3 is 11.1 Å². The Morgan fingerprint density at radius 1 is 1.27 bits per heavy atom. The van der Waals surface area contributed by atoms with Crippen LogP contribution in [0.25, 0.3) is 0 Å². The standard InChI is InChI=1S/C12H24N2O/c1-12(7-3-2-4-8-12)11(15)14-10-6-5-9-13/h2-10,13H2,1H3,(H,14,15). The third kappa shape index (κ3) is 3.82. The Morgan fingerprint density at radius 2 is 1.93 bits per heavy atom. The van der Waals surface area contributed by atoms with Gasteiger partial charge in [0.1, 0.15) is 0 Å². The highest BCUT2D eigenvalue weighted by molar-refractivity contribution is 5.82. The molecule has 88 valence electrons. The van der Waals surface area contributed by atoms with Crippen LogP contribution in [0.5, 0.6) is 0 Å². The smallest absolute Gasteiger partial charge is 0.225 e. The van der Waals surface area contributed by atoms with Gasteiger partial charge in [-0.3, -0.25) is 4.79 Å². The first-order valence-electron chi connectivity index (χ1n) is 6.17. The van der Waals surface area contributed by atoms with Crippen LogP contribution in [-0.4, -0.2) is 19.0 Å².